The summed E-state index contributed by atoms with van der Waals surface area (Å²) in [4.78, 5) is 14.5. The molecule has 0 aliphatic carbocycles. The molecule has 2 N–H and O–H groups in total. The third kappa shape index (κ3) is 11.4. The van der Waals surface area contributed by atoms with Crippen molar-refractivity contribution in [3.63, 3.8) is 0 Å². The van der Waals surface area contributed by atoms with E-state index in [1.165, 1.54) is 63.9 Å². The van der Waals surface area contributed by atoms with Gasteiger partial charge in [0, 0.05) is 23.8 Å². The topological polar surface area (TPSA) is 97.6 Å². The number of ether oxygens (including phenoxy) is 2. The summed E-state index contributed by atoms with van der Waals surface area (Å²) in [5.74, 6) is 1.89. The third-order valence-corrected chi connectivity index (χ3v) is 8.74. The number of rotatable bonds is 20. The number of aromatic nitrogens is 3. The van der Waals surface area contributed by atoms with Crippen molar-refractivity contribution in [1.82, 2.24) is 15.0 Å². The maximum Gasteiger partial charge on any atom is 0.167 e. The first-order valence-corrected chi connectivity index (χ1v) is 17.9. The average molecular weight is 654 g/mol. The molecule has 4 aromatic rings. The van der Waals surface area contributed by atoms with Gasteiger partial charge in [-0.2, -0.15) is 0 Å². The molecule has 0 amide bonds. The number of phenols is 1. The van der Waals surface area contributed by atoms with Crippen molar-refractivity contribution in [3.05, 3.63) is 76.9 Å². The number of aliphatic hydroxyl groups excluding tert-OH is 1. The Bertz CT molecular complexity index is 1520. The van der Waals surface area contributed by atoms with Crippen LogP contribution in [0.4, 0.5) is 0 Å². The lowest BCUT2D eigenvalue weighted by atomic mass is 10.0. The fourth-order valence-corrected chi connectivity index (χ4v) is 5.98. The molecule has 1 aromatic heterocycles. The SMILES string of the molecule is CCCCCCCCCCCCCOCC(O)COc1ccc(-c2nc(-c3ccc(C)cc3C)nc(-c3ccc(C)cc3C)n2)c(O)c1. The highest BCUT2D eigenvalue weighted by molar-refractivity contribution is 5.72. The predicted octanol–water partition coefficient (Wildman–Crippen LogP) is 9.88. The number of unbranched alkanes of at least 4 members (excludes halogenated alkanes) is 10. The maximum atomic E-state index is 11.1. The van der Waals surface area contributed by atoms with Crippen molar-refractivity contribution in [1.29, 1.82) is 0 Å². The number of nitrogens with zero attached hydrogens (tertiary/aromatic N) is 3. The van der Waals surface area contributed by atoms with Crippen LogP contribution in [0.1, 0.15) is 99.8 Å². The molecule has 1 heterocycles. The van der Waals surface area contributed by atoms with Gasteiger partial charge in [-0.15, -0.1) is 0 Å². The Balaban J connectivity index is 1.31. The molecule has 0 bridgehead atoms. The lowest BCUT2D eigenvalue weighted by molar-refractivity contribution is 0.0109. The lowest BCUT2D eigenvalue weighted by Gasteiger charge is -2.14. The van der Waals surface area contributed by atoms with Crippen LogP contribution in [-0.4, -0.2) is 51.1 Å². The van der Waals surface area contributed by atoms with Crippen LogP contribution in [0.25, 0.3) is 34.2 Å². The minimum Gasteiger partial charge on any atom is -0.507 e. The molecule has 4 rings (SSSR count). The zero-order chi connectivity index (χ0) is 34.3. The Morgan fingerprint density at radius 1 is 0.583 bits per heavy atom. The van der Waals surface area contributed by atoms with Crippen LogP contribution in [-0.2, 0) is 4.74 Å². The van der Waals surface area contributed by atoms with Crippen LogP contribution in [0.15, 0.2) is 54.6 Å². The van der Waals surface area contributed by atoms with Crippen molar-refractivity contribution >= 4 is 0 Å². The van der Waals surface area contributed by atoms with Crippen LogP contribution >= 0.6 is 0 Å². The van der Waals surface area contributed by atoms with Gasteiger partial charge in [-0.05, 0) is 57.4 Å². The number of hydrogen-bond donors (Lipinski definition) is 2. The number of aryl methyl sites for hydroxylation is 4. The molecule has 0 fully saturated rings. The van der Waals surface area contributed by atoms with Crippen molar-refractivity contribution in [2.45, 2.75) is 111 Å². The molecular formula is C41H55N3O4. The van der Waals surface area contributed by atoms with Gasteiger partial charge in [-0.1, -0.05) is 119 Å². The first-order chi connectivity index (χ1) is 23.2. The Kier molecular flexibility index (Phi) is 14.8. The zero-order valence-corrected chi connectivity index (χ0v) is 29.7. The van der Waals surface area contributed by atoms with Gasteiger partial charge >= 0.3 is 0 Å². The molecule has 3 aromatic carbocycles. The van der Waals surface area contributed by atoms with Gasteiger partial charge in [0.05, 0.1) is 12.2 Å². The molecule has 0 saturated heterocycles. The Morgan fingerprint density at radius 3 is 1.56 bits per heavy atom. The second kappa shape index (κ2) is 19.3. The smallest absolute Gasteiger partial charge is 0.167 e. The van der Waals surface area contributed by atoms with E-state index in [9.17, 15) is 10.2 Å². The molecule has 0 aliphatic rings. The fourth-order valence-electron chi connectivity index (χ4n) is 5.98. The third-order valence-electron chi connectivity index (χ3n) is 8.74. The molecular weight excluding hydrogens is 598 g/mol. The van der Waals surface area contributed by atoms with Crippen LogP contribution in [0.5, 0.6) is 11.5 Å². The number of aliphatic hydroxyl groups is 1. The van der Waals surface area contributed by atoms with E-state index in [2.05, 4.69) is 32.9 Å². The van der Waals surface area contributed by atoms with Gasteiger partial charge < -0.3 is 19.7 Å². The monoisotopic (exact) mass is 653 g/mol. The van der Waals surface area contributed by atoms with E-state index >= 15 is 0 Å². The Hall–Kier alpha value is -3.81. The predicted molar refractivity (Wildman–Crippen MR) is 196 cm³/mol. The average Bonchev–Trinajstić information content (AvgIpc) is 3.05. The first kappa shape index (κ1) is 37.0. The molecule has 7 heteroatoms. The minimum atomic E-state index is -0.760. The number of benzene rings is 3. The maximum absolute atomic E-state index is 11.1. The van der Waals surface area contributed by atoms with Crippen molar-refractivity contribution < 1.29 is 19.7 Å². The highest BCUT2D eigenvalue weighted by Gasteiger charge is 2.18. The molecule has 0 spiro atoms. The molecule has 7 nitrogen and oxygen atoms in total. The Morgan fingerprint density at radius 2 is 1.06 bits per heavy atom. The normalized spacial score (nSPS) is 12.0. The van der Waals surface area contributed by atoms with Gasteiger partial charge in [-0.3, -0.25) is 0 Å². The van der Waals surface area contributed by atoms with E-state index in [4.69, 9.17) is 24.4 Å². The van der Waals surface area contributed by atoms with Crippen LogP contribution in [0.3, 0.4) is 0 Å². The Labute approximate surface area is 287 Å². The van der Waals surface area contributed by atoms with Crippen LogP contribution < -0.4 is 4.74 Å². The summed E-state index contributed by atoms with van der Waals surface area (Å²) in [5.41, 5.74) is 6.74. The van der Waals surface area contributed by atoms with E-state index in [1.54, 1.807) is 12.1 Å². The fraction of sp³-hybridized carbons (Fsp3) is 0.488. The van der Waals surface area contributed by atoms with Gasteiger partial charge in [-0.25, -0.2) is 15.0 Å². The highest BCUT2D eigenvalue weighted by atomic mass is 16.5. The minimum absolute atomic E-state index is 0.0147. The summed E-state index contributed by atoms with van der Waals surface area (Å²) < 4.78 is 11.5. The number of phenolic OH excluding ortho intramolecular Hbond substituents is 1. The van der Waals surface area contributed by atoms with Crippen molar-refractivity contribution in [2.75, 3.05) is 19.8 Å². The molecule has 0 radical (unpaired) electrons. The molecule has 258 valence electrons. The van der Waals surface area contributed by atoms with E-state index in [1.807, 2.05) is 38.1 Å². The second-order valence-corrected chi connectivity index (χ2v) is 13.2. The van der Waals surface area contributed by atoms with Gasteiger partial charge in [0.25, 0.3) is 0 Å². The summed E-state index contributed by atoms with van der Waals surface area (Å²) in [6.07, 6.45) is 13.4. The summed E-state index contributed by atoms with van der Waals surface area (Å²) >= 11 is 0. The molecule has 1 unspecified atom stereocenters. The summed E-state index contributed by atoms with van der Waals surface area (Å²) in [5, 5.41) is 21.5. The second-order valence-electron chi connectivity index (χ2n) is 13.2. The van der Waals surface area contributed by atoms with Gasteiger partial charge in [0.2, 0.25) is 0 Å². The summed E-state index contributed by atoms with van der Waals surface area (Å²) in [6.45, 7) is 11.4. The molecule has 0 aliphatic heterocycles. The highest BCUT2D eigenvalue weighted by Crippen LogP contribution is 2.34. The molecule has 0 saturated carbocycles. The lowest BCUT2D eigenvalue weighted by Crippen LogP contribution is -2.23. The molecule has 1 atom stereocenters. The zero-order valence-electron chi connectivity index (χ0n) is 29.7. The van der Waals surface area contributed by atoms with E-state index in [-0.39, 0.29) is 19.0 Å². The van der Waals surface area contributed by atoms with Gasteiger partial charge in [0.1, 0.15) is 24.2 Å². The standard InChI is InChI=1S/C41H55N3O4/c1-6-7-8-9-10-11-12-13-14-15-16-23-47-27-33(45)28-48-34-19-22-37(38(46)26-34)41-43-39(35-20-17-29(2)24-31(35)4)42-40(44-41)36-21-18-30(3)25-32(36)5/h17-22,24-26,33,45-46H,6-16,23,27-28H2,1-5H3. The van der Waals surface area contributed by atoms with E-state index in [0.29, 0.717) is 35.4 Å². The van der Waals surface area contributed by atoms with Crippen molar-refractivity contribution in [2.24, 2.45) is 0 Å². The quantitative estimate of drug-likeness (QED) is 0.0916. The summed E-state index contributed by atoms with van der Waals surface area (Å²) in [7, 11) is 0. The van der Waals surface area contributed by atoms with Gasteiger partial charge in [0.15, 0.2) is 17.5 Å². The van der Waals surface area contributed by atoms with Crippen LogP contribution in [0.2, 0.25) is 0 Å². The van der Waals surface area contributed by atoms with Crippen molar-refractivity contribution in [3.8, 4) is 45.7 Å². The number of aromatic hydroxyl groups is 1. The van der Waals surface area contributed by atoms with E-state index < -0.39 is 6.10 Å². The molecule has 48 heavy (non-hydrogen) atoms. The van der Waals surface area contributed by atoms with Crippen LogP contribution in [0, 0.1) is 27.7 Å². The van der Waals surface area contributed by atoms with E-state index in [0.717, 1.165) is 46.2 Å². The number of hydrogen-bond acceptors (Lipinski definition) is 7. The summed E-state index contributed by atoms with van der Waals surface area (Å²) in [6, 6.07) is 17.4. The first-order valence-electron chi connectivity index (χ1n) is 17.9. The largest absolute Gasteiger partial charge is 0.507 e.